The minimum Gasteiger partial charge on any atom is -0.480 e. The summed E-state index contributed by atoms with van der Waals surface area (Å²) in [6.07, 6.45) is 1.39. The third kappa shape index (κ3) is 11.2. The molecule has 0 radical (unpaired) electrons. The maximum atomic E-state index is 12.6. The number of carbonyl (C=O) groups excluding carboxylic acids is 3. The van der Waals surface area contributed by atoms with E-state index in [1.807, 2.05) is 6.92 Å². The van der Waals surface area contributed by atoms with Gasteiger partial charge in [0.1, 0.15) is 12.1 Å². The number of carboxylic acids is 1. The van der Waals surface area contributed by atoms with Gasteiger partial charge in [0.05, 0.1) is 12.6 Å². The molecule has 0 fully saturated rings. The zero-order chi connectivity index (χ0) is 24.1. The Bertz CT molecular complexity index is 650. The van der Waals surface area contributed by atoms with Gasteiger partial charge < -0.3 is 38.3 Å². The third-order valence-corrected chi connectivity index (χ3v) is 4.77. The number of nitrogens with two attached hydrogens (primary N) is 3. The van der Waals surface area contributed by atoms with E-state index in [2.05, 4.69) is 20.9 Å². The van der Waals surface area contributed by atoms with Crippen LogP contribution in [0.3, 0.4) is 0 Å². The summed E-state index contributed by atoms with van der Waals surface area (Å²) in [5, 5.41) is 16.8. The number of hydrogen-bond donors (Lipinski definition) is 7. The lowest BCUT2D eigenvalue weighted by Gasteiger charge is -2.26. The van der Waals surface area contributed by atoms with E-state index in [0.29, 0.717) is 25.8 Å². The quantitative estimate of drug-likeness (QED) is 0.0924. The fourth-order valence-electron chi connectivity index (χ4n) is 2.63. The van der Waals surface area contributed by atoms with Gasteiger partial charge in [-0.25, -0.2) is 4.79 Å². The van der Waals surface area contributed by atoms with Gasteiger partial charge >= 0.3 is 5.97 Å². The number of carbonyl (C=O) groups is 4. The van der Waals surface area contributed by atoms with Crippen LogP contribution in [0.1, 0.15) is 47.0 Å². The van der Waals surface area contributed by atoms with E-state index in [-0.39, 0.29) is 24.3 Å². The van der Waals surface area contributed by atoms with E-state index in [1.165, 1.54) is 0 Å². The van der Waals surface area contributed by atoms with Crippen LogP contribution in [-0.4, -0.2) is 66.0 Å². The minimum atomic E-state index is -1.14. The Balaban J connectivity index is 4.71. The van der Waals surface area contributed by atoms with Gasteiger partial charge in [-0.15, -0.1) is 0 Å². The highest BCUT2D eigenvalue weighted by Crippen LogP contribution is 2.10. The molecule has 31 heavy (non-hydrogen) atoms. The summed E-state index contributed by atoms with van der Waals surface area (Å²) in [4.78, 5) is 52.0. The highest BCUT2D eigenvalue weighted by atomic mass is 16.4. The second-order valence-electron chi connectivity index (χ2n) is 7.77. The smallest absolute Gasteiger partial charge is 0.326 e. The van der Waals surface area contributed by atoms with Crippen LogP contribution in [0.5, 0.6) is 0 Å². The SMILES string of the molecule is CCC(C)C(NC(=O)C(NC(=O)CNC(=O)C(N)CCCN=C(N)N)C(C)C)C(=O)O. The van der Waals surface area contributed by atoms with E-state index in [0.717, 1.165) is 0 Å². The molecule has 4 unspecified atom stereocenters. The van der Waals surface area contributed by atoms with Crippen LogP contribution in [0.2, 0.25) is 0 Å². The normalized spacial score (nSPS) is 14.6. The monoisotopic (exact) mass is 443 g/mol. The Hall–Kier alpha value is -2.89. The summed E-state index contributed by atoms with van der Waals surface area (Å²) >= 11 is 0. The zero-order valence-electron chi connectivity index (χ0n) is 18.7. The average molecular weight is 444 g/mol. The van der Waals surface area contributed by atoms with Crippen molar-refractivity contribution in [1.29, 1.82) is 0 Å². The summed E-state index contributed by atoms with van der Waals surface area (Å²) in [5.74, 6) is -3.48. The number of rotatable bonds is 14. The first-order chi connectivity index (χ1) is 14.4. The number of aliphatic carboxylic acids is 1. The molecule has 12 heteroatoms. The van der Waals surface area contributed by atoms with Gasteiger partial charge in [0.15, 0.2) is 5.96 Å². The highest BCUT2D eigenvalue weighted by Gasteiger charge is 2.31. The van der Waals surface area contributed by atoms with E-state index in [1.54, 1.807) is 20.8 Å². The molecule has 0 aromatic rings. The van der Waals surface area contributed by atoms with Crippen molar-refractivity contribution < 1.29 is 24.3 Å². The van der Waals surface area contributed by atoms with Crippen molar-refractivity contribution >= 4 is 29.7 Å². The van der Waals surface area contributed by atoms with Crippen LogP contribution in [0.25, 0.3) is 0 Å². The molecule has 0 saturated heterocycles. The van der Waals surface area contributed by atoms with Crippen LogP contribution < -0.4 is 33.2 Å². The van der Waals surface area contributed by atoms with Crippen molar-refractivity contribution in [1.82, 2.24) is 16.0 Å². The summed E-state index contributed by atoms with van der Waals surface area (Å²) in [6.45, 7) is 6.94. The third-order valence-electron chi connectivity index (χ3n) is 4.77. The molecule has 10 N–H and O–H groups in total. The topological polar surface area (TPSA) is 215 Å². The van der Waals surface area contributed by atoms with Gasteiger partial charge in [0.25, 0.3) is 0 Å². The predicted octanol–water partition coefficient (Wildman–Crippen LogP) is -1.76. The fourth-order valence-corrected chi connectivity index (χ4v) is 2.63. The first-order valence-corrected chi connectivity index (χ1v) is 10.3. The zero-order valence-corrected chi connectivity index (χ0v) is 18.7. The molecule has 0 aromatic carbocycles. The second kappa shape index (κ2) is 14.2. The molecular formula is C19H37N7O5. The van der Waals surface area contributed by atoms with E-state index < -0.39 is 41.8 Å². The molecular weight excluding hydrogens is 406 g/mol. The first kappa shape index (κ1) is 28.1. The number of nitrogens with one attached hydrogen (secondary N) is 3. The lowest BCUT2D eigenvalue weighted by atomic mass is 9.97. The van der Waals surface area contributed by atoms with Crippen LogP contribution in [0.15, 0.2) is 4.99 Å². The fraction of sp³-hybridized carbons (Fsp3) is 0.737. The van der Waals surface area contributed by atoms with Gasteiger partial charge in [-0.05, 0) is 24.7 Å². The second-order valence-corrected chi connectivity index (χ2v) is 7.77. The average Bonchev–Trinajstić information content (AvgIpc) is 2.69. The molecule has 0 aliphatic carbocycles. The molecule has 0 rings (SSSR count). The van der Waals surface area contributed by atoms with E-state index in [9.17, 15) is 24.3 Å². The van der Waals surface area contributed by atoms with Gasteiger partial charge in [-0.2, -0.15) is 0 Å². The molecule has 4 atom stereocenters. The maximum absolute atomic E-state index is 12.6. The van der Waals surface area contributed by atoms with Crippen molar-refractivity contribution in [2.45, 2.75) is 65.1 Å². The highest BCUT2D eigenvalue weighted by molar-refractivity contribution is 5.92. The summed E-state index contributed by atoms with van der Waals surface area (Å²) in [5.41, 5.74) is 16.2. The Labute approximate surface area is 182 Å². The molecule has 12 nitrogen and oxygen atoms in total. The lowest BCUT2D eigenvalue weighted by Crippen LogP contribution is -2.56. The Morgan fingerprint density at radius 3 is 2.10 bits per heavy atom. The lowest BCUT2D eigenvalue weighted by molar-refractivity contribution is -0.144. The Morgan fingerprint density at radius 1 is 1.00 bits per heavy atom. The molecule has 178 valence electrons. The van der Waals surface area contributed by atoms with Crippen molar-refractivity contribution in [2.24, 2.45) is 34.0 Å². The van der Waals surface area contributed by atoms with Crippen molar-refractivity contribution in [3.63, 3.8) is 0 Å². The largest absolute Gasteiger partial charge is 0.480 e. The van der Waals surface area contributed by atoms with Gasteiger partial charge in [-0.3, -0.25) is 19.4 Å². The van der Waals surface area contributed by atoms with E-state index in [4.69, 9.17) is 17.2 Å². The summed E-state index contributed by atoms with van der Waals surface area (Å²) in [7, 11) is 0. The molecule has 0 spiro atoms. The van der Waals surface area contributed by atoms with Crippen LogP contribution in [0, 0.1) is 11.8 Å². The number of amides is 3. The van der Waals surface area contributed by atoms with Crippen LogP contribution in [-0.2, 0) is 19.2 Å². The molecule has 0 bridgehead atoms. The molecule has 3 amide bonds. The van der Waals surface area contributed by atoms with E-state index >= 15 is 0 Å². The predicted molar refractivity (Wildman–Crippen MR) is 117 cm³/mol. The van der Waals surface area contributed by atoms with Gasteiger partial charge in [-0.1, -0.05) is 34.1 Å². The number of aliphatic imine (C=N–C) groups is 1. The molecule has 0 aliphatic rings. The number of carboxylic acid groups (broad SMARTS) is 1. The molecule has 0 aromatic heterocycles. The standard InChI is InChI=1S/C19H37N7O5/c1-5-11(4)15(18(30)31)26-17(29)14(10(2)3)25-13(27)9-24-16(28)12(20)7-6-8-23-19(21)22/h10-12,14-15H,5-9,20H2,1-4H3,(H,24,28)(H,25,27)(H,26,29)(H,30,31)(H4,21,22,23). The molecule has 0 saturated carbocycles. The maximum Gasteiger partial charge on any atom is 0.326 e. The number of hydrogen-bond acceptors (Lipinski definition) is 6. The van der Waals surface area contributed by atoms with Crippen molar-refractivity contribution in [3.8, 4) is 0 Å². The minimum absolute atomic E-state index is 0.0442. The van der Waals surface area contributed by atoms with Crippen LogP contribution >= 0.6 is 0 Å². The number of nitrogens with zero attached hydrogens (tertiary/aromatic N) is 1. The summed E-state index contributed by atoms with van der Waals surface area (Å²) in [6, 6.07) is -2.85. The van der Waals surface area contributed by atoms with Crippen molar-refractivity contribution in [3.05, 3.63) is 0 Å². The van der Waals surface area contributed by atoms with Crippen molar-refractivity contribution in [2.75, 3.05) is 13.1 Å². The molecule has 0 heterocycles. The molecule has 0 aliphatic heterocycles. The summed E-state index contributed by atoms with van der Waals surface area (Å²) < 4.78 is 0. The Kier molecular flexibility index (Phi) is 12.9. The Morgan fingerprint density at radius 2 is 1.61 bits per heavy atom. The number of guanidine groups is 1. The first-order valence-electron chi connectivity index (χ1n) is 10.3. The van der Waals surface area contributed by atoms with Gasteiger partial charge in [0.2, 0.25) is 17.7 Å². The van der Waals surface area contributed by atoms with Crippen LogP contribution in [0.4, 0.5) is 0 Å². The van der Waals surface area contributed by atoms with Gasteiger partial charge in [0, 0.05) is 6.54 Å².